The number of nitrogens with one attached hydrogen (secondary N) is 2. The van der Waals surface area contributed by atoms with E-state index in [0.717, 1.165) is 35.7 Å². The first-order chi connectivity index (χ1) is 20.7. The summed E-state index contributed by atoms with van der Waals surface area (Å²) in [6, 6.07) is 14.3. The van der Waals surface area contributed by atoms with Gasteiger partial charge in [0, 0.05) is 11.8 Å². The number of amides is 2. The van der Waals surface area contributed by atoms with Crippen LogP contribution >= 0.6 is 22.7 Å². The number of anilines is 2. The van der Waals surface area contributed by atoms with Crippen LogP contribution in [-0.2, 0) is 16.0 Å². The molecule has 1 unspecified atom stereocenters. The van der Waals surface area contributed by atoms with E-state index in [9.17, 15) is 27.9 Å². The maximum atomic E-state index is 12.8. The average molecular weight is 633 g/mol. The van der Waals surface area contributed by atoms with Crippen LogP contribution in [0.1, 0.15) is 64.6 Å². The molecule has 2 heterocycles. The van der Waals surface area contributed by atoms with E-state index in [1.165, 1.54) is 46.9 Å². The molecule has 10 nitrogen and oxygen atoms in total. The fourth-order valence-electron chi connectivity index (χ4n) is 4.96. The van der Waals surface area contributed by atoms with Gasteiger partial charge in [-0.1, -0.05) is 71.6 Å². The van der Waals surface area contributed by atoms with Gasteiger partial charge in [0.05, 0.1) is 18.9 Å². The first-order valence-corrected chi connectivity index (χ1v) is 15.1. The van der Waals surface area contributed by atoms with Gasteiger partial charge in [-0.05, 0) is 42.5 Å². The summed E-state index contributed by atoms with van der Waals surface area (Å²) in [6.45, 7) is -0.333. The summed E-state index contributed by atoms with van der Waals surface area (Å²) in [4.78, 5) is 25.3. The van der Waals surface area contributed by atoms with Gasteiger partial charge in [-0.2, -0.15) is 0 Å². The second kappa shape index (κ2) is 13.6. The fourth-order valence-corrected chi connectivity index (χ4v) is 6.76. The van der Waals surface area contributed by atoms with E-state index < -0.39 is 23.9 Å². The number of nitrogens with zero attached hydrogens (tertiary/aromatic N) is 4. The van der Waals surface area contributed by atoms with Crippen LogP contribution in [0.2, 0.25) is 0 Å². The molecular formula is C28H27F3N6O4S2. The van der Waals surface area contributed by atoms with Gasteiger partial charge in [-0.15, -0.1) is 33.6 Å². The minimum absolute atomic E-state index is 0.0943. The third kappa shape index (κ3) is 8.33. The van der Waals surface area contributed by atoms with Gasteiger partial charge in [0.2, 0.25) is 22.1 Å². The number of aliphatic hydroxyl groups is 1. The number of aliphatic hydroxyl groups excluding tert-OH is 1. The van der Waals surface area contributed by atoms with Gasteiger partial charge < -0.3 is 15.2 Å². The quantitative estimate of drug-likeness (QED) is 0.205. The molecule has 0 radical (unpaired) electrons. The molecule has 0 spiro atoms. The monoisotopic (exact) mass is 632 g/mol. The van der Waals surface area contributed by atoms with Crippen molar-refractivity contribution in [2.75, 3.05) is 17.2 Å². The molecule has 3 atom stereocenters. The van der Waals surface area contributed by atoms with E-state index in [4.69, 9.17) is 0 Å². The molecule has 2 amide bonds. The molecule has 2 aromatic heterocycles. The Morgan fingerprint density at radius 3 is 2.21 bits per heavy atom. The van der Waals surface area contributed by atoms with Gasteiger partial charge in [-0.25, -0.2) is 0 Å². The lowest BCUT2D eigenvalue weighted by Gasteiger charge is -2.25. The standard InChI is InChI=1S/C28H27F3N6O4S2/c29-28(30,31)41-20-11-4-6-16(12-20)13-22(39)32-26-36-34-24(42-26)18-9-5-10-19(14-18)25-35-37-27(43-25)33-23(40)21(15-38)17-7-2-1-3-8-17/h1-4,6-8,11-12,18-19,21,38H,5,9-10,13-15H2,(H,32,36,39)(H,33,37,40)/t18-,19-,21?/m0/s1. The molecule has 0 saturated heterocycles. The molecular weight excluding hydrogens is 605 g/mol. The Morgan fingerprint density at radius 2 is 1.58 bits per heavy atom. The highest BCUT2D eigenvalue weighted by atomic mass is 32.1. The zero-order chi connectivity index (χ0) is 30.4. The molecule has 2 aromatic carbocycles. The Kier molecular flexibility index (Phi) is 9.62. The van der Waals surface area contributed by atoms with Crippen molar-refractivity contribution in [3.05, 3.63) is 75.7 Å². The number of rotatable bonds is 10. The Hall–Kier alpha value is -3.95. The van der Waals surface area contributed by atoms with Crippen molar-refractivity contribution >= 4 is 44.8 Å². The van der Waals surface area contributed by atoms with Gasteiger partial charge in [0.1, 0.15) is 15.8 Å². The highest BCUT2D eigenvalue weighted by Crippen LogP contribution is 2.43. The number of ether oxygens (including phenoxy) is 1. The molecule has 3 N–H and O–H groups in total. The van der Waals surface area contributed by atoms with Crippen LogP contribution in [0, 0.1) is 0 Å². The van der Waals surface area contributed by atoms with Gasteiger partial charge in [-0.3, -0.25) is 14.9 Å². The average Bonchev–Trinajstić information content (AvgIpc) is 3.63. The minimum Gasteiger partial charge on any atom is -0.406 e. The van der Waals surface area contributed by atoms with Crippen LogP contribution in [0.3, 0.4) is 0 Å². The number of carbonyl (C=O) groups excluding carboxylic acids is 2. The van der Waals surface area contributed by atoms with Crippen molar-refractivity contribution in [1.29, 1.82) is 0 Å². The zero-order valence-corrected chi connectivity index (χ0v) is 24.2. The summed E-state index contributed by atoms with van der Waals surface area (Å²) in [5.74, 6) is -1.70. The van der Waals surface area contributed by atoms with Crippen molar-refractivity contribution in [2.45, 2.75) is 56.2 Å². The summed E-state index contributed by atoms with van der Waals surface area (Å²) in [6.07, 6.45) is -1.50. The Labute approximate surface area is 252 Å². The summed E-state index contributed by atoms with van der Waals surface area (Å²) in [5.41, 5.74) is 1.07. The SMILES string of the molecule is O=C(Cc1cccc(OC(F)(F)F)c1)Nc1nnc([C@H]2CCC[C@H](c3nnc(NC(=O)C(CO)c4ccccc4)s3)C2)s1. The molecule has 15 heteroatoms. The summed E-state index contributed by atoms with van der Waals surface area (Å²) in [7, 11) is 0. The molecule has 1 aliphatic carbocycles. The van der Waals surface area contributed by atoms with Crippen molar-refractivity contribution in [3.8, 4) is 5.75 Å². The van der Waals surface area contributed by atoms with Crippen LogP contribution in [0.5, 0.6) is 5.75 Å². The number of hydrogen-bond donors (Lipinski definition) is 3. The van der Waals surface area contributed by atoms with E-state index in [0.29, 0.717) is 21.4 Å². The number of alkyl halides is 3. The molecule has 1 fully saturated rings. The first-order valence-electron chi connectivity index (χ1n) is 13.4. The molecule has 5 rings (SSSR count). The smallest absolute Gasteiger partial charge is 0.406 e. The van der Waals surface area contributed by atoms with E-state index in [-0.39, 0.29) is 30.8 Å². The second-order valence-corrected chi connectivity index (χ2v) is 12.0. The van der Waals surface area contributed by atoms with Gasteiger partial charge in [0.25, 0.3) is 0 Å². The Balaban J connectivity index is 1.16. The maximum Gasteiger partial charge on any atom is 0.573 e. The normalized spacial score (nSPS) is 17.7. The number of halogens is 3. The zero-order valence-electron chi connectivity index (χ0n) is 22.6. The predicted molar refractivity (Wildman–Crippen MR) is 154 cm³/mol. The molecule has 1 saturated carbocycles. The van der Waals surface area contributed by atoms with E-state index >= 15 is 0 Å². The number of hydrogen-bond acceptors (Lipinski definition) is 10. The third-order valence-corrected chi connectivity index (χ3v) is 8.93. The topological polar surface area (TPSA) is 139 Å². The lowest BCUT2D eigenvalue weighted by atomic mass is 9.82. The number of benzene rings is 2. The number of aromatic nitrogens is 4. The molecule has 1 aliphatic rings. The van der Waals surface area contributed by atoms with Crippen LogP contribution in [0.4, 0.5) is 23.4 Å². The summed E-state index contributed by atoms with van der Waals surface area (Å²) < 4.78 is 41.4. The van der Waals surface area contributed by atoms with Crippen LogP contribution in [-0.4, -0.2) is 50.3 Å². The van der Waals surface area contributed by atoms with Gasteiger partial charge in [0.15, 0.2) is 0 Å². The van der Waals surface area contributed by atoms with Gasteiger partial charge >= 0.3 is 6.36 Å². The van der Waals surface area contributed by atoms with Crippen LogP contribution in [0.15, 0.2) is 54.6 Å². The lowest BCUT2D eigenvalue weighted by molar-refractivity contribution is -0.274. The number of carbonyl (C=O) groups is 2. The highest BCUT2D eigenvalue weighted by Gasteiger charge is 2.32. The van der Waals surface area contributed by atoms with E-state index in [1.54, 1.807) is 12.1 Å². The molecule has 0 aliphatic heterocycles. The van der Waals surface area contributed by atoms with E-state index in [2.05, 4.69) is 35.8 Å². The van der Waals surface area contributed by atoms with Crippen molar-refractivity contribution in [3.63, 3.8) is 0 Å². The van der Waals surface area contributed by atoms with Crippen molar-refractivity contribution < 1.29 is 32.6 Å². The summed E-state index contributed by atoms with van der Waals surface area (Å²) >= 11 is 2.57. The van der Waals surface area contributed by atoms with Crippen LogP contribution < -0.4 is 15.4 Å². The highest BCUT2D eigenvalue weighted by molar-refractivity contribution is 7.15. The molecule has 226 valence electrons. The fraction of sp³-hybridized carbons (Fsp3) is 0.357. The molecule has 0 bridgehead atoms. The second-order valence-electron chi connectivity index (χ2n) is 10.0. The Bertz CT molecular complexity index is 1550. The molecule has 43 heavy (non-hydrogen) atoms. The largest absolute Gasteiger partial charge is 0.573 e. The first kappa shape index (κ1) is 30.5. The maximum absolute atomic E-state index is 12.8. The van der Waals surface area contributed by atoms with Crippen LogP contribution in [0.25, 0.3) is 0 Å². The lowest BCUT2D eigenvalue weighted by Crippen LogP contribution is -2.23. The van der Waals surface area contributed by atoms with Crippen molar-refractivity contribution in [1.82, 2.24) is 20.4 Å². The van der Waals surface area contributed by atoms with Crippen molar-refractivity contribution in [2.24, 2.45) is 0 Å². The predicted octanol–water partition coefficient (Wildman–Crippen LogP) is 5.63. The third-order valence-electron chi connectivity index (χ3n) is 6.93. The minimum atomic E-state index is -4.82. The Morgan fingerprint density at radius 1 is 0.930 bits per heavy atom. The van der Waals surface area contributed by atoms with E-state index in [1.807, 2.05) is 18.2 Å². The summed E-state index contributed by atoms with van der Waals surface area (Å²) in [5, 5.41) is 34.3. The molecule has 4 aromatic rings.